The third-order valence-corrected chi connectivity index (χ3v) is 2.43. The maximum Gasteiger partial charge on any atom is 0.304 e. The van der Waals surface area contributed by atoms with Crippen LogP contribution in [0.25, 0.3) is 0 Å². The van der Waals surface area contributed by atoms with Gasteiger partial charge in [-0.3, -0.25) is 14.5 Å². The van der Waals surface area contributed by atoms with Crippen molar-refractivity contribution in [3.8, 4) is 0 Å². The predicted molar refractivity (Wildman–Crippen MR) is 62.3 cm³/mol. The highest BCUT2D eigenvalue weighted by atomic mass is 16.4. The lowest BCUT2D eigenvalue weighted by molar-refractivity contribution is -0.137. The third kappa shape index (κ3) is 6.40. The number of nitrogens with zero attached hydrogens (tertiary/aromatic N) is 1. The van der Waals surface area contributed by atoms with Crippen LogP contribution in [-0.2, 0) is 9.59 Å². The molecule has 0 rings (SSSR count). The highest BCUT2D eigenvalue weighted by Crippen LogP contribution is 2.14. The van der Waals surface area contributed by atoms with Gasteiger partial charge in [0, 0.05) is 32.1 Å². The van der Waals surface area contributed by atoms with Crippen LogP contribution in [0.4, 0.5) is 0 Å². The van der Waals surface area contributed by atoms with Crippen LogP contribution in [0, 0.1) is 0 Å². The molecule has 0 saturated heterocycles. The molecule has 0 spiro atoms. The summed E-state index contributed by atoms with van der Waals surface area (Å²) in [6.45, 7) is 7.09. The van der Waals surface area contributed by atoms with Gasteiger partial charge < -0.3 is 10.4 Å². The SMILES string of the molecule is CNC(=O)CCN(CCC(=O)O)C(C)(C)C. The van der Waals surface area contributed by atoms with E-state index in [0.717, 1.165) is 0 Å². The van der Waals surface area contributed by atoms with Gasteiger partial charge >= 0.3 is 5.97 Å². The first-order valence-corrected chi connectivity index (χ1v) is 5.45. The van der Waals surface area contributed by atoms with Crippen molar-refractivity contribution in [2.24, 2.45) is 0 Å². The second-order valence-electron chi connectivity index (χ2n) is 4.72. The summed E-state index contributed by atoms with van der Waals surface area (Å²) in [5.74, 6) is -0.834. The Kier molecular flexibility index (Phi) is 6.03. The molecule has 0 aliphatic heterocycles. The van der Waals surface area contributed by atoms with Gasteiger partial charge in [-0.2, -0.15) is 0 Å². The molecule has 0 aromatic rings. The number of carboxylic acid groups (broad SMARTS) is 1. The molecule has 5 heteroatoms. The summed E-state index contributed by atoms with van der Waals surface area (Å²) in [7, 11) is 1.60. The van der Waals surface area contributed by atoms with Crippen LogP contribution < -0.4 is 5.32 Å². The molecule has 16 heavy (non-hydrogen) atoms. The van der Waals surface area contributed by atoms with Gasteiger partial charge in [0.05, 0.1) is 6.42 Å². The lowest BCUT2D eigenvalue weighted by Crippen LogP contribution is -2.44. The molecule has 94 valence electrons. The van der Waals surface area contributed by atoms with E-state index in [9.17, 15) is 9.59 Å². The van der Waals surface area contributed by atoms with Crippen molar-refractivity contribution in [1.29, 1.82) is 0 Å². The van der Waals surface area contributed by atoms with Crippen molar-refractivity contribution in [2.45, 2.75) is 39.2 Å². The summed E-state index contributed by atoms with van der Waals surface area (Å²) in [6.07, 6.45) is 0.498. The minimum Gasteiger partial charge on any atom is -0.481 e. The Hall–Kier alpha value is -1.10. The van der Waals surface area contributed by atoms with Gasteiger partial charge in [0.25, 0.3) is 0 Å². The first kappa shape index (κ1) is 14.9. The number of amides is 1. The molecule has 0 atom stereocenters. The van der Waals surface area contributed by atoms with Gasteiger partial charge in [-0.15, -0.1) is 0 Å². The first-order valence-electron chi connectivity index (χ1n) is 5.45. The van der Waals surface area contributed by atoms with E-state index in [4.69, 9.17) is 5.11 Å². The van der Waals surface area contributed by atoms with Gasteiger partial charge in [-0.1, -0.05) is 0 Å². The number of hydrogen-bond donors (Lipinski definition) is 2. The van der Waals surface area contributed by atoms with Crippen LogP contribution in [0.2, 0.25) is 0 Å². The van der Waals surface area contributed by atoms with E-state index in [1.54, 1.807) is 7.05 Å². The second-order valence-corrected chi connectivity index (χ2v) is 4.72. The molecule has 0 heterocycles. The minimum atomic E-state index is -0.811. The average Bonchev–Trinajstić information content (AvgIpc) is 2.14. The normalized spacial score (nSPS) is 11.6. The summed E-state index contributed by atoms with van der Waals surface area (Å²) in [6, 6.07) is 0. The minimum absolute atomic E-state index is 0.0235. The van der Waals surface area contributed by atoms with Crippen LogP contribution in [0.15, 0.2) is 0 Å². The monoisotopic (exact) mass is 230 g/mol. The maximum atomic E-state index is 11.1. The Labute approximate surface area is 96.8 Å². The van der Waals surface area contributed by atoms with E-state index in [0.29, 0.717) is 19.5 Å². The summed E-state index contributed by atoms with van der Waals surface area (Å²) < 4.78 is 0. The molecule has 1 amide bonds. The molecular formula is C11H22N2O3. The lowest BCUT2D eigenvalue weighted by Gasteiger charge is -2.35. The predicted octanol–water partition coefficient (Wildman–Crippen LogP) is 0.698. The lowest BCUT2D eigenvalue weighted by atomic mass is 10.1. The highest BCUT2D eigenvalue weighted by Gasteiger charge is 2.22. The zero-order chi connectivity index (χ0) is 12.8. The molecule has 2 N–H and O–H groups in total. The molecule has 0 bridgehead atoms. The van der Waals surface area contributed by atoms with Gasteiger partial charge in [-0.25, -0.2) is 0 Å². The Morgan fingerprint density at radius 3 is 2.06 bits per heavy atom. The van der Waals surface area contributed by atoms with E-state index < -0.39 is 5.97 Å². The average molecular weight is 230 g/mol. The first-order chi connectivity index (χ1) is 7.27. The zero-order valence-electron chi connectivity index (χ0n) is 10.5. The van der Waals surface area contributed by atoms with E-state index in [2.05, 4.69) is 5.32 Å². The fourth-order valence-corrected chi connectivity index (χ4v) is 1.37. The van der Waals surface area contributed by atoms with Crippen LogP contribution in [-0.4, -0.2) is 47.6 Å². The number of carbonyl (C=O) groups is 2. The molecule has 0 aromatic carbocycles. The fraction of sp³-hybridized carbons (Fsp3) is 0.818. The van der Waals surface area contributed by atoms with Crippen LogP contribution in [0.1, 0.15) is 33.6 Å². The van der Waals surface area contributed by atoms with E-state index in [1.807, 2.05) is 25.7 Å². The summed E-state index contributed by atoms with van der Waals surface area (Å²) in [5.41, 5.74) is -0.122. The number of nitrogens with one attached hydrogen (secondary N) is 1. The number of carbonyl (C=O) groups excluding carboxylic acids is 1. The topological polar surface area (TPSA) is 69.6 Å². The molecule has 0 unspecified atom stereocenters. The summed E-state index contributed by atoms with van der Waals surface area (Å²) >= 11 is 0. The number of hydrogen-bond acceptors (Lipinski definition) is 3. The van der Waals surface area contributed by atoms with Crippen molar-refractivity contribution in [3.63, 3.8) is 0 Å². The molecule has 0 aliphatic rings. The summed E-state index contributed by atoms with van der Waals surface area (Å²) in [5, 5.41) is 11.2. The Morgan fingerprint density at radius 2 is 1.69 bits per heavy atom. The van der Waals surface area contributed by atoms with Crippen molar-refractivity contribution in [3.05, 3.63) is 0 Å². The molecule has 0 saturated carbocycles. The van der Waals surface area contributed by atoms with Crippen molar-refractivity contribution in [2.75, 3.05) is 20.1 Å². The van der Waals surface area contributed by atoms with E-state index in [1.165, 1.54) is 0 Å². The standard InChI is InChI=1S/C11H22N2O3/c1-11(2,3)13(8-6-10(15)16)7-5-9(14)12-4/h5-8H2,1-4H3,(H,12,14)(H,15,16). The van der Waals surface area contributed by atoms with Gasteiger partial charge in [-0.05, 0) is 20.8 Å². The van der Waals surface area contributed by atoms with Crippen molar-refractivity contribution < 1.29 is 14.7 Å². The molecule has 0 fully saturated rings. The Morgan fingerprint density at radius 1 is 1.19 bits per heavy atom. The number of aliphatic carboxylic acids is 1. The molecule has 0 radical (unpaired) electrons. The maximum absolute atomic E-state index is 11.1. The molecular weight excluding hydrogens is 208 g/mol. The van der Waals surface area contributed by atoms with Crippen LogP contribution >= 0.6 is 0 Å². The van der Waals surface area contributed by atoms with E-state index in [-0.39, 0.29) is 17.9 Å². The highest BCUT2D eigenvalue weighted by molar-refractivity contribution is 5.75. The third-order valence-electron chi connectivity index (χ3n) is 2.43. The summed E-state index contributed by atoms with van der Waals surface area (Å²) in [4.78, 5) is 23.7. The molecule has 0 aliphatic carbocycles. The fourth-order valence-electron chi connectivity index (χ4n) is 1.37. The van der Waals surface area contributed by atoms with Gasteiger partial charge in [0.1, 0.15) is 0 Å². The molecule has 0 aromatic heterocycles. The van der Waals surface area contributed by atoms with Crippen LogP contribution in [0.5, 0.6) is 0 Å². The Balaban J connectivity index is 4.22. The van der Waals surface area contributed by atoms with Gasteiger partial charge in [0.2, 0.25) is 5.91 Å². The van der Waals surface area contributed by atoms with Crippen molar-refractivity contribution in [1.82, 2.24) is 10.2 Å². The second kappa shape index (κ2) is 6.48. The van der Waals surface area contributed by atoms with E-state index >= 15 is 0 Å². The van der Waals surface area contributed by atoms with Gasteiger partial charge in [0.15, 0.2) is 0 Å². The molecule has 5 nitrogen and oxygen atoms in total. The quantitative estimate of drug-likeness (QED) is 0.704. The zero-order valence-corrected chi connectivity index (χ0v) is 10.5. The van der Waals surface area contributed by atoms with Crippen molar-refractivity contribution >= 4 is 11.9 Å². The number of carboxylic acids is 1. The van der Waals surface area contributed by atoms with Crippen LogP contribution in [0.3, 0.4) is 0 Å². The number of rotatable bonds is 6. The largest absolute Gasteiger partial charge is 0.481 e. The Bertz CT molecular complexity index is 246. The smallest absolute Gasteiger partial charge is 0.304 e.